The second-order valence-corrected chi connectivity index (χ2v) is 5.63. The summed E-state index contributed by atoms with van der Waals surface area (Å²) in [5.41, 5.74) is 6.48. The average Bonchev–Trinajstić information content (AvgIpc) is 2.37. The molecule has 0 spiro atoms. The molecule has 0 aliphatic rings. The highest BCUT2D eigenvalue weighted by molar-refractivity contribution is 9.10. The highest BCUT2D eigenvalue weighted by atomic mass is 79.9. The van der Waals surface area contributed by atoms with Gasteiger partial charge in [0.05, 0.1) is 20.9 Å². The Bertz CT molecular complexity index is 694. The summed E-state index contributed by atoms with van der Waals surface area (Å²) in [6, 6.07) is 6.87. The summed E-state index contributed by atoms with van der Waals surface area (Å²) in [6.45, 7) is 0. The van der Waals surface area contributed by atoms with Gasteiger partial charge in [-0.05, 0) is 40.2 Å². The SMILES string of the molecule is NC(=S)c1ccc(Nc2cc(F)c(Br)cc2F)c(Cl)c1. The highest BCUT2D eigenvalue weighted by Crippen LogP contribution is 2.30. The molecule has 2 aromatic carbocycles. The molecule has 0 radical (unpaired) electrons. The van der Waals surface area contributed by atoms with Crippen LogP contribution in [-0.2, 0) is 0 Å². The van der Waals surface area contributed by atoms with Crippen molar-refractivity contribution in [3.05, 3.63) is 57.0 Å². The number of thiocarbonyl (C=S) groups is 1. The summed E-state index contributed by atoms with van der Waals surface area (Å²) in [7, 11) is 0. The zero-order valence-corrected chi connectivity index (χ0v) is 13.0. The van der Waals surface area contributed by atoms with Crippen molar-refractivity contribution in [3.8, 4) is 0 Å². The van der Waals surface area contributed by atoms with E-state index >= 15 is 0 Å². The van der Waals surface area contributed by atoms with Crippen molar-refractivity contribution >= 4 is 56.1 Å². The summed E-state index contributed by atoms with van der Waals surface area (Å²) in [5, 5.41) is 3.03. The molecule has 0 amide bonds. The molecule has 2 rings (SSSR count). The standard InChI is InChI=1S/C13H8BrClF2N2S/c14-7-4-10(17)12(5-9(7)16)19-11-2-1-6(13(18)20)3-8(11)15/h1-5,19H,(H2,18,20). The molecule has 0 heterocycles. The van der Waals surface area contributed by atoms with Crippen LogP contribution in [-0.4, -0.2) is 4.99 Å². The van der Waals surface area contributed by atoms with Gasteiger partial charge >= 0.3 is 0 Å². The normalized spacial score (nSPS) is 10.4. The molecular formula is C13H8BrClF2N2S. The Morgan fingerprint density at radius 2 is 1.85 bits per heavy atom. The third kappa shape index (κ3) is 3.26. The summed E-state index contributed by atoms with van der Waals surface area (Å²) in [6.07, 6.45) is 0. The lowest BCUT2D eigenvalue weighted by Gasteiger charge is -2.11. The molecule has 0 aliphatic carbocycles. The Balaban J connectivity index is 2.35. The van der Waals surface area contributed by atoms with Gasteiger partial charge in [0.1, 0.15) is 16.6 Å². The molecule has 20 heavy (non-hydrogen) atoms. The van der Waals surface area contributed by atoms with Crippen molar-refractivity contribution < 1.29 is 8.78 Å². The van der Waals surface area contributed by atoms with Crippen molar-refractivity contribution in [1.82, 2.24) is 0 Å². The van der Waals surface area contributed by atoms with Gasteiger partial charge in [-0.1, -0.05) is 23.8 Å². The minimum Gasteiger partial charge on any atom is -0.389 e. The van der Waals surface area contributed by atoms with Gasteiger partial charge in [-0.15, -0.1) is 0 Å². The van der Waals surface area contributed by atoms with Gasteiger partial charge in [0.25, 0.3) is 0 Å². The number of nitrogens with two attached hydrogens (primary N) is 1. The van der Waals surface area contributed by atoms with Crippen LogP contribution < -0.4 is 11.1 Å². The van der Waals surface area contributed by atoms with Crippen LogP contribution in [0.5, 0.6) is 0 Å². The van der Waals surface area contributed by atoms with Crippen LogP contribution in [0, 0.1) is 11.6 Å². The van der Waals surface area contributed by atoms with E-state index < -0.39 is 11.6 Å². The first-order chi connectivity index (χ1) is 9.38. The predicted octanol–water partition coefficient (Wildman–Crippen LogP) is 4.76. The molecule has 0 aliphatic heterocycles. The average molecular weight is 378 g/mol. The van der Waals surface area contributed by atoms with E-state index in [1.807, 2.05) is 0 Å². The molecule has 2 aromatic rings. The van der Waals surface area contributed by atoms with E-state index in [0.717, 1.165) is 12.1 Å². The van der Waals surface area contributed by atoms with Gasteiger partial charge in [0.2, 0.25) is 0 Å². The number of anilines is 2. The number of hydrogen-bond acceptors (Lipinski definition) is 2. The molecule has 3 N–H and O–H groups in total. The first-order valence-electron chi connectivity index (χ1n) is 5.39. The van der Waals surface area contributed by atoms with Crippen LogP contribution in [0.25, 0.3) is 0 Å². The zero-order chi connectivity index (χ0) is 14.9. The van der Waals surface area contributed by atoms with E-state index in [2.05, 4.69) is 21.2 Å². The largest absolute Gasteiger partial charge is 0.389 e. The van der Waals surface area contributed by atoms with Gasteiger partial charge in [-0.2, -0.15) is 0 Å². The van der Waals surface area contributed by atoms with Gasteiger partial charge in [-0.25, -0.2) is 8.78 Å². The quantitative estimate of drug-likeness (QED) is 0.598. The van der Waals surface area contributed by atoms with Gasteiger partial charge in [0, 0.05) is 11.6 Å². The first kappa shape index (κ1) is 15.2. The van der Waals surface area contributed by atoms with Crippen molar-refractivity contribution in [2.75, 3.05) is 5.32 Å². The Labute approximate surface area is 133 Å². The monoisotopic (exact) mass is 376 g/mol. The van der Waals surface area contributed by atoms with E-state index in [1.54, 1.807) is 18.2 Å². The Morgan fingerprint density at radius 1 is 1.15 bits per heavy atom. The predicted molar refractivity (Wildman–Crippen MR) is 84.7 cm³/mol. The minimum atomic E-state index is -0.604. The zero-order valence-electron chi connectivity index (χ0n) is 9.88. The highest BCUT2D eigenvalue weighted by Gasteiger charge is 2.10. The summed E-state index contributed by atoms with van der Waals surface area (Å²) in [5.74, 6) is -1.18. The van der Waals surface area contributed by atoms with E-state index in [1.165, 1.54) is 0 Å². The second-order valence-electron chi connectivity index (χ2n) is 3.93. The molecule has 2 nitrogen and oxygen atoms in total. The summed E-state index contributed by atoms with van der Waals surface area (Å²) >= 11 is 13.8. The topological polar surface area (TPSA) is 38.0 Å². The van der Waals surface area contributed by atoms with E-state index in [9.17, 15) is 8.78 Å². The lowest BCUT2D eigenvalue weighted by molar-refractivity contribution is 0.598. The number of rotatable bonds is 3. The van der Waals surface area contributed by atoms with Gasteiger partial charge in [0.15, 0.2) is 0 Å². The number of hydrogen-bond donors (Lipinski definition) is 2. The molecule has 0 unspecified atom stereocenters. The van der Waals surface area contributed by atoms with Crippen LogP contribution in [0.3, 0.4) is 0 Å². The maximum absolute atomic E-state index is 13.7. The Kier molecular flexibility index (Phi) is 4.57. The molecule has 0 atom stereocenters. The van der Waals surface area contributed by atoms with Crippen molar-refractivity contribution in [2.45, 2.75) is 0 Å². The molecule has 0 bridgehead atoms. The van der Waals surface area contributed by atoms with Gasteiger partial charge < -0.3 is 11.1 Å². The van der Waals surface area contributed by atoms with Crippen LogP contribution in [0.15, 0.2) is 34.8 Å². The van der Waals surface area contributed by atoms with Crippen molar-refractivity contribution in [1.29, 1.82) is 0 Å². The molecule has 104 valence electrons. The first-order valence-corrected chi connectivity index (χ1v) is 6.97. The molecule has 7 heteroatoms. The fraction of sp³-hybridized carbons (Fsp3) is 0. The maximum atomic E-state index is 13.7. The molecule has 0 saturated heterocycles. The lowest BCUT2D eigenvalue weighted by Crippen LogP contribution is -2.09. The molecule has 0 fully saturated rings. The number of benzene rings is 2. The van der Waals surface area contributed by atoms with Gasteiger partial charge in [-0.3, -0.25) is 0 Å². The summed E-state index contributed by atoms with van der Waals surface area (Å²) in [4.78, 5) is 0.208. The van der Waals surface area contributed by atoms with E-state index in [-0.39, 0.29) is 15.1 Å². The third-order valence-corrected chi connectivity index (χ3v) is 3.69. The van der Waals surface area contributed by atoms with Crippen molar-refractivity contribution in [2.24, 2.45) is 5.73 Å². The summed E-state index contributed by atoms with van der Waals surface area (Å²) < 4.78 is 27.2. The number of nitrogens with one attached hydrogen (secondary N) is 1. The molecule has 0 saturated carbocycles. The Hall–Kier alpha value is -1.24. The lowest BCUT2D eigenvalue weighted by atomic mass is 10.2. The maximum Gasteiger partial charge on any atom is 0.147 e. The van der Waals surface area contributed by atoms with E-state index in [0.29, 0.717) is 16.3 Å². The molecular weight excluding hydrogens is 370 g/mol. The van der Waals surface area contributed by atoms with Crippen LogP contribution in [0.2, 0.25) is 5.02 Å². The smallest absolute Gasteiger partial charge is 0.147 e. The fourth-order valence-corrected chi connectivity index (χ4v) is 2.20. The van der Waals surface area contributed by atoms with Crippen LogP contribution >= 0.6 is 39.7 Å². The minimum absolute atomic E-state index is 0.0179. The van der Waals surface area contributed by atoms with Crippen LogP contribution in [0.4, 0.5) is 20.2 Å². The van der Waals surface area contributed by atoms with Crippen molar-refractivity contribution in [3.63, 3.8) is 0 Å². The van der Waals surface area contributed by atoms with E-state index in [4.69, 9.17) is 29.6 Å². The van der Waals surface area contributed by atoms with Crippen LogP contribution in [0.1, 0.15) is 5.56 Å². The third-order valence-electron chi connectivity index (χ3n) is 2.53. The fourth-order valence-electron chi connectivity index (χ4n) is 1.53. The molecule has 0 aromatic heterocycles. The number of halogens is 4. The Morgan fingerprint density at radius 3 is 2.45 bits per heavy atom. The second kappa shape index (κ2) is 6.03.